The van der Waals surface area contributed by atoms with Gasteiger partial charge in [-0.25, -0.2) is 4.79 Å². The second-order valence-electron chi connectivity index (χ2n) is 7.73. The highest BCUT2D eigenvalue weighted by atomic mass is 16.6. The predicted molar refractivity (Wildman–Crippen MR) is 93.3 cm³/mol. The summed E-state index contributed by atoms with van der Waals surface area (Å²) in [6.45, 7) is 11.9. The quantitative estimate of drug-likeness (QED) is 0.921. The lowest BCUT2D eigenvalue weighted by Crippen LogP contribution is -2.55. The summed E-state index contributed by atoms with van der Waals surface area (Å²) in [6, 6.07) is 11.1. The molecule has 1 amide bonds. The van der Waals surface area contributed by atoms with Crippen molar-refractivity contribution < 1.29 is 9.53 Å². The molecule has 1 aliphatic heterocycles. The smallest absolute Gasteiger partial charge is 0.407 e. The number of carbonyl (C=O) groups is 1. The molecule has 2 rings (SSSR count). The van der Waals surface area contributed by atoms with Gasteiger partial charge in [0.1, 0.15) is 5.60 Å². The Morgan fingerprint density at radius 3 is 2.52 bits per heavy atom. The molecule has 1 aromatic carbocycles. The van der Waals surface area contributed by atoms with E-state index < -0.39 is 5.60 Å². The lowest BCUT2D eigenvalue weighted by atomic mass is 9.88. The number of nitrogens with zero attached hydrogens (tertiary/aromatic N) is 1. The molecule has 128 valence electrons. The van der Waals surface area contributed by atoms with Gasteiger partial charge in [-0.05, 0) is 45.6 Å². The average Bonchev–Trinajstić information content (AvgIpc) is 2.43. The van der Waals surface area contributed by atoms with Gasteiger partial charge in [0, 0.05) is 25.2 Å². The van der Waals surface area contributed by atoms with E-state index in [0.29, 0.717) is 12.0 Å². The molecule has 0 aromatic heterocycles. The Morgan fingerprint density at radius 2 is 1.91 bits per heavy atom. The van der Waals surface area contributed by atoms with E-state index in [4.69, 9.17) is 4.74 Å². The Hall–Kier alpha value is -1.55. The maximum atomic E-state index is 12.1. The number of ether oxygens (including phenoxy) is 1. The van der Waals surface area contributed by atoms with Gasteiger partial charge in [0.2, 0.25) is 0 Å². The summed E-state index contributed by atoms with van der Waals surface area (Å²) in [5, 5.41) is 3.06. The minimum atomic E-state index is -0.459. The van der Waals surface area contributed by atoms with Crippen molar-refractivity contribution in [2.75, 3.05) is 6.54 Å². The van der Waals surface area contributed by atoms with Crippen LogP contribution in [-0.4, -0.2) is 35.2 Å². The largest absolute Gasteiger partial charge is 0.444 e. The molecule has 0 radical (unpaired) electrons. The van der Waals surface area contributed by atoms with E-state index in [1.165, 1.54) is 5.56 Å². The van der Waals surface area contributed by atoms with E-state index in [-0.39, 0.29) is 12.1 Å². The first-order chi connectivity index (χ1) is 10.7. The van der Waals surface area contributed by atoms with Gasteiger partial charge in [0.15, 0.2) is 0 Å². The summed E-state index contributed by atoms with van der Waals surface area (Å²) in [5.41, 5.74) is 0.851. The van der Waals surface area contributed by atoms with Crippen LogP contribution in [0.25, 0.3) is 0 Å². The summed E-state index contributed by atoms with van der Waals surface area (Å²) in [5.74, 6) is 0.449. The van der Waals surface area contributed by atoms with Gasteiger partial charge >= 0.3 is 6.09 Å². The van der Waals surface area contributed by atoms with E-state index in [2.05, 4.69) is 48.3 Å². The van der Waals surface area contributed by atoms with Crippen molar-refractivity contribution in [1.29, 1.82) is 0 Å². The number of likely N-dealkylation sites (tertiary alicyclic amines) is 1. The zero-order valence-corrected chi connectivity index (χ0v) is 15.0. The maximum Gasteiger partial charge on any atom is 0.407 e. The van der Waals surface area contributed by atoms with Crippen molar-refractivity contribution in [2.45, 2.75) is 65.3 Å². The van der Waals surface area contributed by atoms with E-state index in [9.17, 15) is 4.79 Å². The monoisotopic (exact) mass is 318 g/mol. The molecule has 23 heavy (non-hydrogen) atoms. The molecule has 0 aliphatic carbocycles. The molecule has 4 nitrogen and oxygen atoms in total. The number of alkyl carbamates (subject to hydrolysis) is 1. The number of hydrogen-bond acceptors (Lipinski definition) is 3. The first kappa shape index (κ1) is 17.8. The van der Waals surface area contributed by atoms with Crippen molar-refractivity contribution >= 4 is 6.09 Å². The fraction of sp³-hybridized carbons (Fsp3) is 0.632. The lowest BCUT2D eigenvalue weighted by molar-refractivity contribution is 0.0377. The summed E-state index contributed by atoms with van der Waals surface area (Å²) in [6.07, 6.45) is 0.761. The zero-order valence-electron chi connectivity index (χ0n) is 15.0. The van der Waals surface area contributed by atoms with Crippen molar-refractivity contribution in [2.24, 2.45) is 5.92 Å². The van der Waals surface area contributed by atoms with Gasteiger partial charge in [-0.3, -0.25) is 4.90 Å². The van der Waals surface area contributed by atoms with Crippen LogP contribution in [-0.2, 0) is 11.3 Å². The third kappa shape index (κ3) is 5.54. The van der Waals surface area contributed by atoms with Crippen LogP contribution in [0.15, 0.2) is 30.3 Å². The van der Waals surface area contributed by atoms with Crippen LogP contribution >= 0.6 is 0 Å². The number of carbonyl (C=O) groups excluding carboxylic acids is 1. The van der Waals surface area contributed by atoms with Crippen molar-refractivity contribution in [3.05, 3.63) is 35.9 Å². The molecule has 0 unspecified atom stereocenters. The van der Waals surface area contributed by atoms with E-state index in [1.807, 2.05) is 26.8 Å². The summed E-state index contributed by atoms with van der Waals surface area (Å²) >= 11 is 0. The van der Waals surface area contributed by atoms with Gasteiger partial charge in [0.25, 0.3) is 0 Å². The first-order valence-corrected chi connectivity index (χ1v) is 8.52. The highest BCUT2D eigenvalue weighted by Crippen LogP contribution is 2.24. The van der Waals surface area contributed by atoms with Crippen LogP contribution < -0.4 is 5.32 Å². The number of hydrogen-bond donors (Lipinski definition) is 1. The number of rotatable bonds is 3. The predicted octanol–water partition coefficient (Wildman–Crippen LogP) is 3.81. The van der Waals surface area contributed by atoms with Crippen molar-refractivity contribution in [3.8, 4) is 0 Å². The van der Waals surface area contributed by atoms with Gasteiger partial charge in [-0.2, -0.15) is 0 Å². The van der Waals surface area contributed by atoms with E-state index >= 15 is 0 Å². The topological polar surface area (TPSA) is 41.6 Å². The lowest BCUT2D eigenvalue weighted by Gasteiger charge is -2.42. The third-order valence-corrected chi connectivity index (χ3v) is 4.38. The molecule has 1 aromatic rings. The van der Waals surface area contributed by atoms with Crippen molar-refractivity contribution in [1.82, 2.24) is 10.2 Å². The molecule has 1 N–H and O–H groups in total. The van der Waals surface area contributed by atoms with Crippen LogP contribution in [0, 0.1) is 5.92 Å². The van der Waals surface area contributed by atoms with Crippen molar-refractivity contribution in [3.63, 3.8) is 0 Å². The fourth-order valence-electron chi connectivity index (χ4n) is 3.15. The summed E-state index contributed by atoms with van der Waals surface area (Å²) in [4.78, 5) is 14.5. The molecule has 1 fully saturated rings. The number of amides is 1. The van der Waals surface area contributed by atoms with Gasteiger partial charge < -0.3 is 10.1 Å². The van der Waals surface area contributed by atoms with Crippen LogP contribution in [0.5, 0.6) is 0 Å². The van der Waals surface area contributed by atoms with Crippen LogP contribution in [0.2, 0.25) is 0 Å². The molecule has 1 saturated heterocycles. The van der Waals surface area contributed by atoms with Crippen LogP contribution in [0.4, 0.5) is 4.79 Å². The standard InChI is InChI=1S/C19H30N2O2/c1-14-11-15(2)21(12-16-9-7-6-8-10-16)13-17(14)20-18(22)23-19(3,4)5/h6-10,14-15,17H,11-13H2,1-5H3,(H,20,22)/t14-,15+,17+/m1/s1. The number of benzene rings is 1. The molecule has 0 saturated carbocycles. The summed E-state index contributed by atoms with van der Waals surface area (Å²) in [7, 11) is 0. The van der Waals surface area contributed by atoms with Crippen LogP contribution in [0.1, 0.15) is 46.6 Å². The minimum Gasteiger partial charge on any atom is -0.444 e. The highest BCUT2D eigenvalue weighted by molar-refractivity contribution is 5.68. The van der Waals surface area contributed by atoms with Crippen LogP contribution in [0.3, 0.4) is 0 Å². The Kier molecular flexibility index (Phi) is 5.69. The van der Waals surface area contributed by atoms with Gasteiger partial charge in [-0.1, -0.05) is 37.3 Å². The Bertz CT molecular complexity index is 510. The maximum absolute atomic E-state index is 12.1. The second-order valence-corrected chi connectivity index (χ2v) is 7.73. The molecular formula is C19H30N2O2. The molecule has 1 aliphatic rings. The summed E-state index contributed by atoms with van der Waals surface area (Å²) < 4.78 is 5.40. The normalized spacial score (nSPS) is 25.9. The number of nitrogens with one attached hydrogen (secondary N) is 1. The fourth-order valence-corrected chi connectivity index (χ4v) is 3.15. The third-order valence-electron chi connectivity index (χ3n) is 4.38. The Balaban J connectivity index is 1.96. The Labute approximate surface area is 140 Å². The Morgan fingerprint density at radius 1 is 1.26 bits per heavy atom. The van der Waals surface area contributed by atoms with Gasteiger partial charge in [-0.15, -0.1) is 0 Å². The zero-order chi connectivity index (χ0) is 17.0. The number of piperidine rings is 1. The molecule has 3 atom stereocenters. The van der Waals surface area contributed by atoms with E-state index in [0.717, 1.165) is 19.5 Å². The van der Waals surface area contributed by atoms with E-state index in [1.54, 1.807) is 0 Å². The minimum absolute atomic E-state index is 0.129. The molecule has 0 bridgehead atoms. The molecule has 1 heterocycles. The average molecular weight is 318 g/mol. The molecular weight excluding hydrogens is 288 g/mol. The second kappa shape index (κ2) is 7.35. The first-order valence-electron chi connectivity index (χ1n) is 8.52. The SMILES string of the molecule is C[C@@H]1C[C@H](C)N(Cc2ccccc2)C[C@@H]1NC(=O)OC(C)(C)C. The molecule has 0 spiro atoms. The molecule has 4 heteroatoms. The van der Waals surface area contributed by atoms with Gasteiger partial charge in [0.05, 0.1) is 0 Å². The highest BCUT2D eigenvalue weighted by Gasteiger charge is 2.32.